The van der Waals surface area contributed by atoms with Crippen LogP contribution in [0.3, 0.4) is 0 Å². The van der Waals surface area contributed by atoms with E-state index >= 15 is 0 Å². The Morgan fingerprint density at radius 1 is 1.29 bits per heavy atom. The number of hydrogen-bond donors (Lipinski definition) is 1. The van der Waals surface area contributed by atoms with Gasteiger partial charge in [0.05, 0.1) is 19.3 Å². The van der Waals surface area contributed by atoms with Crippen molar-refractivity contribution in [2.45, 2.75) is 6.10 Å². The average Bonchev–Trinajstić information content (AvgIpc) is 2.53. The van der Waals surface area contributed by atoms with Gasteiger partial charge >= 0.3 is 0 Å². The summed E-state index contributed by atoms with van der Waals surface area (Å²) < 4.78 is 10.7. The Morgan fingerprint density at radius 3 is 2.67 bits per heavy atom. The second-order valence-corrected chi connectivity index (χ2v) is 5.01. The van der Waals surface area contributed by atoms with E-state index in [1.165, 1.54) is 0 Å². The van der Waals surface area contributed by atoms with Gasteiger partial charge in [-0.2, -0.15) is 0 Å². The fraction of sp³-hybridized carbons (Fsp3) is 0.412. The minimum absolute atomic E-state index is 0.459. The highest BCUT2D eigenvalue weighted by Gasteiger charge is 2.12. The first-order valence-electron chi connectivity index (χ1n) is 7.28. The molecule has 2 rings (SSSR count). The normalized spacial score (nSPS) is 17.8. The highest BCUT2D eigenvalue weighted by molar-refractivity contribution is 5.51. The Kier molecular flexibility index (Phi) is 6.47. The summed E-state index contributed by atoms with van der Waals surface area (Å²) in [6.07, 6.45) is 5.02. The Balaban J connectivity index is 1.80. The van der Waals surface area contributed by atoms with Crippen LogP contribution >= 0.6 is 0 Å². The first-order chi connectivity index (χ1) is 10.3. The van der Waals surface area contributed by atoms with Crippen molar-refractivity contribution in [1.29, 1.82) is 0 Å². The van der Waals surface area contributed by atoms with E-state index in [1.807, 2.05) is 36.4 Å². The number of morpholine rings is 1. The van der Waals surface area contributed by atoms with Gasteiger partial charge in [-0.05, 0) is 17.7 Å². The zero-order valence-corrected chi connectivity index (χ0v) is 12.3. The van der Waals surface area contributed by atoms with Crippen molar-refractivity contribution in [1.82, 2.24) is 4.90 Å². The number of nitrogens with zero attached hydrogens (tertiary/aromatic N) is 1. The van der Waals surface area contributed by atoms with E-state index in [2.05, 4.69) is 11.5 Å². The van der Waals surface area contributed by atoms with Crippen LogP contribution in [0.1, 0.15) is 5.56 Å². The number of hydrogen-bond acceptors (Lipinski definition) is 4. The van der Waals surface area contributed by atoms with Crippen molar-refractivity contribution in [3.63, 3.8) is 0 Å². The van der Waals surface area contributed by atoms with Crippen LogP contribution in [0.25, 0.3) is 6.08 Å². The van der Waals surface area contributed by atoms with Crippen molar-refractivity contribution in [2.75, 3.05) is 39.5 Å². The molecular formula is C17H23NO3. The molecule has 1 heterocycles. The van der Waals surface area contributed by atoms with E-state index in [0.717, 1.165) is 37.6 Å². The number of aliphatic hydroxyl groups excluding tert-OH is 1. The van der Waals surface area contributed by atoms with E-state index in [0.29, 0.717) is 13.2 Å². The third kappa shape index (κ3) is 5.71. The Bertz CT molecular complexity index is 450. The van der Waals surface area contributed by atoms with Crippen molar-refractivity contribution < 1.29 is 14.6 Å². The molecule has 0 radical (unpaired) electrons. The Morgan fingerprint density at radius 2 is 2.00 bits per heavy atom. The number of ether oxygens (including phenoxy) is 2. The third-order valence-electron chi connectivity index (χ3n) is 3.31. The predicted octanol–water partition coefficient (Wildman–Crippen LogP) is 1.96. The van der Waals surface area contributed by atoms with Crippen LogP contribution < -0.4 is 4.74 Å². The first-order valence-corrected chi connectivity index (χ1v) is 7.28. The Labute approximate surface area is 126 Å². The summed E-state index contributed by atoms with van der Waals surface area (Å²) in [7, 11) is 0. The van der Waals surface area contributed by atoms with Gasteiger partial charge in [0.2, 0.25) is 0 Å². The van der Waals surface area contributed by atoms with Crippen LogP contribution in [0.4, 0.5) is 0 Å². The molecule has 0 bridgehead atoms. The van der Waals surface area contributed by atoms with Crippen LogP contribution in [0.5, 0.6) is 5.75 Å². The number of benzene rings is 1. The van der Waals surface area contributed by atoms with E-state index < -0.39 is 6.10 Å². The molecule has 21 heavy (non-hydrogen) atoms. The van der Waals surface area contributed by atoms with Gasteiger partial charge in [0.1, 0.15) is 12.4 Å². The maximum Gasteiger partial charge on any atom is 0.119 e. The van der Waals surface area contributed by atoms with E-state index in [1.54, 1.807) is 6.08 Å². The molecule has 4 heteroatoms. The summed E-state index contributed by atoms with van der Waals surface area (Å²) in [6.45, 7) is 8.06. The zero-order chi connectivity index (χ0) is 14.9. The molecule has 4 nitrogen and oxygen atoms in total. The molecule has 1 aliphatic rings. The lowest BCUT2D eigenvalue weighted by atomic mass is 10.1. The highest BCUT2D eigenvalue weighted by Crippen LogP contribution is 2.13. The lowest BCUT2D eigenvalue weighted by Crippen LogP contribution is -2.40. The van der Waals surface area contributed by atoms with Crippen molar-refractivity contribution in [3.05, 3.63) is 48.6 Å². The number of β-amino-alcohol motifs (C(OH)–C–C–N with tert-alkyl or cyclic N) is 1. The number of rotatable bonds is 7. The maximum atomic E-state index is 10.0. The Hall–Kier alpha value is -1.62. The molecule has 1 unspecified atom stereocenters. The summed E-state index contributed by atoms with van der Waals surface area (Å²) in [4.78, 5) is 2.21. The first kappa shape index (κ1) is 15.8. The fourth-order valence-corrected chi connectivity index (χ4v) is 2.16. The van der Waals surface area contributed by atoms with Crippen molar-refractivity contribution in [3.8, 4) is 5.75 Å². The maximum absolute atomic E-state index is 10.0. The SMILES string of the molecule is C=CCOc1ccc(/C=C/C(O)CN2CCOCC2)cc1. The van der Waals surface area contributed by atoms with Crippen LogP contribution in [-0.2, 0) is 4.74 Å². The molecule has 1 saturated heterocycles. The smallest absolute Gasteiger partial charge is 0.119 e. The van der Waals surface area contributed by atoms with Gasteiger partial charge in [0.25, 0.3) is 0 Å². The highest BCUT2D eigenvalue weighted by atomic mass is 16.5. The minimum Gasteiger partial charge on any atom is -0.490 e. The van der Waals surface area contributed by atoms with Crippen LogP contribution in [0, 0.1) is 0 Å². The molecule has 1 aromatic carbocycles. The molecule has 1 atom stereocenters. The predicted molar refractivity (Wildman–Crippen MR) is 84.4 cm³/mol. The van der Waals surface area contributed by atoms with Crippen LogP contribution in [0.15, 0.2) is 43.0 Å². The van der Waals surface area contributed by atoms with Gasteiger partial charge in [-0.25, -0.2) is 0 Å². The molecule has 1 N–H and O–H groups in total. The molecule has 1 aromatic rings. The average molecular weight is 289 g/mol. The summed E-state index contributed by atoms with van der Waals surface area (Å²) in [6, 6.07) is 7.77. The third-order valence-corrected chi connectivity index (χ3v) is 3.31. The molecule has 0 aromatic heterocycles. The van der Waals surface area contributed by atoms with Gasteiger partial charge in [0.15, 0.2) is 0 Å². The van der Waals surface area contributed by atoms with Gasteiger partial charge in [-0.15, -0.1) is 0 Å². The summed E-state index contributed by atoms with van der Waals surface area (Å²) in [5.74, 6) is 0.820. The molecule has 0 aliphatic carbocycles. The fourth-order valence-electron chi connectivity index (χ4n) is 2.16. The standard InChI is InChI=1S/C17H23NO3/c1-2-11-21-17-7-4-15(5-8-17)3-6-16(19)14-18-9-12-20-13-10-18/h2-8,16,19H,1,9-14H2/b6-3+. The number of aliphatic hydroxyl groups is 1. The second kappa shape index (κ2) is 8.62. The topological polar surface area (TPSA) is 41.9 Å². The molecule has 0 amide bonds. The van der Waals surface area contributed by atoms with E-state index in [4.69, 9.17) is 9.47 Å². The summed E-state index contributed by atoms with van der Waals surface area (Å²) in [5, 5.41) is 10.0. The molecule has 1 fully saturated rings. The van der Waals surface area contributed by atoms with Gasteiger partial charge in [0, 0.05) is 19.6 Å². The molecule has 114 valence electrons. The quantitative estimate of drug-likeness (QED) is 0.779. The second-order valence-electron chi connectivity index (χ2n) is 5.01. The zero-order valence-electron chi connectivity index (χ0n) is 12.3. The minimum atomic E-state index is -0.459. The molecule has 1 aliphatic heterocycles. The lowest BCUT2D eigenvalue weighted by Gasteiger charge is -2.27. The largest absolute Gasteiger partial charge is 0.490 e. The van der Waals surface area contributed by atoms with E-state index in [9.17, 15) is 5.11 Å². The summed E-state index contributed by atoms with van der Waals surface area (Å²) >= 11 is 0. The van der Waals surface area contributed by atoms with Crippen molar-refractivity contribution >= 4 is 6.08 Å². The molecule has 0 spiro atoms. The van der Waals surface area contributed by atoms with Gasteiger partial charge in [-0.1, -0.05) is 36.9 Å². The van der Waals surface area contributed by atoms with Gasteiger partial charge < -0.3 is 14.6 Å². The molecule has 0 saturated carbocycles. The van der Waals surface area contributed by atoms with Crippen LogP contribution in [0.2, 0.25) is 0 Å². The van der Waals surface area contributed by atoms with Crippen molar-refractivity contribution in [2.24, 2.45) is 0 Å². The lowest BCUT2D eigenvalue weighted by molar-refractivity contribution is 0.0223. The van der Waals surface area contributed by atoms with Gasteiger partial charge in [-0.3, -0.25) is 4.90 Å². The summed E-state index contributed by atoms with van der Waals surface area (Å²) in [5.41, 5.74) is 1.04. The van der Waals surface area contributed by atoms with E-state index in [-0.39, 0.29) is 0 Å². The van der Waals surface area contributed by atoms with Crippen LogP contribution in [-0.4, -0.2) is 55.6 Å². The molecular weight excluding hydrogens is 266 g/mol. The monoisotopic (exact) mass is 289 g/mol.